The Labute approximate surface area is 111 Å². The first-order valence-electron chi connectivity index (χ1n) is 7.19. The van der Waals surface area contributed by atoms with E-state index >= 15 is 0 Å². The quantitative estimate of drug-likeness (QED) is 0.677. The topological polar surface area (TPSA) is 23.8 Å². The minimum atomic E-state index is 0.0994. The van der Waals surface area contributed by atoms with E-state index in [0.717, 1.165) is 0 Å². The Morgan fingerprint density at radius 2 is 1.72 bits per heavy atom. The highest BCUT2D eigenvalue weighted by molar-refractivity contribution is 5.34. The van der Waals surface area contributed by atoms with Crippen molar-refractivity contribution >= 4 is 0 Å². The summed E-state index contributed by atoms with van der Waals surface area (Å²) in [6, 6.07) is 9.09. The molecule has 1 heteroatoms. The first kappa shape index (κ1) is 13.1. The molecular weight excluding hydrogens is 218 g/mol. The molecule has 0 aliphatic heterocycles. The third kappa shape index (κ3) is 2.93. The molecule has 0 amide bonds. The number of hydrogen-bond acceptors (Lipinski definition) is 1. The molecule has 1 atom stereocenters. The van der Waals surface area contributed by atoms with E-state index in [4.69, 9.17) is 0 Å². The predicted molar refractivity (Wildman–Crippen MR) is 75.5 cm³/mol. The summed E-state index contributed by atoms with van der Waals surface area (Å²) in [4.78, 5) is 0. The van der Waals surface area contributed by atoms with Gasteiger partial charge in [-0.05, 0) is 49.3 Å². The van der Waals surface area contributed by atoms with Crippen molar-refractivity contribution in [2.24, 2.45) is 5.92 Å². The summed E-state index contributed by atoms with van der Waals surface area (Å²) in [5.41, 5.74) is 3.85. The minimum Gasteiger partial charge on any atom is -0.198 e. The van der Waals surface area contributed by atoms with Crippen LogP contribution in [-0.2, 0) is 0 Å². The zero-order valence-corrected chi connectivity index (χ0v) is 11.6. The molecule has 0 aromatic heterocycles. The van der Waals surface area contributed by atoms with Gasteiger partial charge in [-0.25, -0.2) is 0 Å². The summed E-state index contributed by atoms with van der Waals surface area (Å²) in [6.45, 7) is 4.27. The highest BCUT2D eigenvalue weighted by atomic mass is 14.3. The Hall–Kier alpha value is -1.29. The van der Waals surface area contributed by atoms with Gasteiger partial charge >= 0.3 is 0 Å². The molecule has 96 valence electrons. The molecule has 1 aromatic rings. The van der Waals surface area contributed by atoms with Gasteiger partial charge in [-0.1, -0.05) is 43.9 Å². The Balaban J connectivity index is 2.21. The average molecular weight is 241 g/mol. The molecule has 0 saturated heterocycles. The van der Waals surface area contributed by atoms with Crippen LogP contribution in [0.3, 0.4) is 0 Å². The molecule has 1 aromatic carbocycles. The summed E-state index contributed by atoms with van der Waals surface area (Å²) in [6.07, 6.45) is 7.75. The van der Waals surface area contributed by atoms with Crippen molar-refractivity contribution in [3.63, 3.8) is 0 Å². The van der Waals surface area contributed by atoms with Gasteiger partial charge < -0.3 is 0 Å². The molecule has 0 spiro atoms. The molecule has 2 rings (SSSR count). The first-order chi connectivity index (χ1) is 8.72. The lowest BCUT2D eigenvalue weighted by Gasteiger charge is -2.21. The number of rotatable bonds is 2. The third-order valence-corrected chi connectivity index (χ3v) is 4.40. The Morgan fingerprint density at radius 1 is 1.06 bits per heavy atom. The van der Waals surface area contributed by atoms with Crippen LogP contribution in [0.5, 0.6) is 0 Å². The van der Waals surface area contributed by atoms with Gasteiger partial charge in [0, 0.05) is 0 Å². The number of nitriles is 1. The standard InChI is InChI=1S/C17H23N/c1-13-9-10-16(11-14(13)2)17(12-18)15-7-5-3-4-6-8-15/h9-11,15,17H,3-8H2,1-2H3. The third-order valence-electron chi connectivity index (χ3n) is 4.40. The van der Waals surface area contributed by atoms with E-state index in [1.807, 2.05) is 0 Å². The smallest absolute Gasteiger partial charge is 0.0741 e. The van der Waals surface area contributed by atoms with E-state index in [1.165, 1.54) is 55.2 Å². The summed E-state index contributed by atoms with van der Waals surface area (Å²) >= 11 is 0. The van der Waals surface area contributed by atoms with Crippen LogP contribution in [0, 0.1) is 31.1 Å². The molecular formula is C17H23N. The van der Waals surface area contributed by atoms with Crippen molar-refractivity contribution in [2.75, 3.05) is 0 Å². The number of hydrogen-bond donors (Lipinski definition) is 0. The summed E-state index contributed by atoms with van der Waals surface area (Å²) in [5.74, 6) is 0.669. The van der Waals surface area contributed by atoms with Gasteiger partial charge in [-0.3, -0.25) is 0 Å². The summed E-state index contributed by atoms with van der Waals surface area (Å²) < 4.78 is 0. The van der Waals surface area contributed by atoms with Crippen LogP contribution in [0.15, 0.2) is 18.2 Å². The normalized spacial score (nSPS) is 18.9. The lowest BCUT2D eigenvalue weighted by molar-refractivity contribution is 0.424. The highest BCUT2D eigenvalue weighted by Gasteiger charge is 2.24. The van der Waals surface area contributed by atoms with Crippen LogP contribution < -0.4 is 0 Å². The van der Waals surface area contributed by atoms with E-state index in [0.29, 0.717) is 5.92 Å². The van der Waals surface area contributed by atoms with Gasteiger partial charge in [-0.2, -0.15) is 5.26 Å². The molecule has 0 heterocycles. The molecule has 1 nitrogen and oxygen atoms in total. The van der Waals surface area contributed by atoms with Gasteiger partial charge in [-0.15, -0.1) is 0 Å². The van der Waals surface area contributed by atoms with Gasteiger partial charge in [0.05, 0.1) is 12.0 Å². The predicted octanol–water partition coefficient (Wildman–Crippen LogP) is 4.88. The fourth-order valence-electron chi connectivity index (χ4n) is 3.05. The lowest BCUT2D eigenvalue weighted by Crippen LogP contribution is -2.11. The second-order valence-electron chi connectivity index (χ2n) is 5.70. The fraction of sp³-hybridized carbons (Fsp3) is 0.588. The molecule has 0 radical (unpaired) electrons. The molecule has 0 N–H and O–H groups in total. The Kier molecular flexibility index (Phi) is 4.42. The maximum Gasteiger partial charge on any atom is 0.0741 e. The molecule has 0 bridgehead atoms. The maximum absolute atomic E-state index is 9.53. The fourth-order valence-corrected chi connectivity index (χ4v) is 3.05. The number of aryl methyl sites for hydroxylation is 2. The molecule has 1 aliphatic rings. The van der Waals surface area contributed by atoms with Crippen LogP contribution in [0.25, 0.3) is 0 Å². The van der Waals surface area contributed by atoms with Crippen molar-refractivity contribution in [3.05, 3.63) is 34.9 Å². The van der Waals surface area contributed by atoms with Crippen molar-refractivity contribution in [3.8, 4) is 6.07 Å². The van der Waals surface area contributed by atoms with E-state index in [2.05, 4.69) is 38.1 Å². The molecule has 1 aliphatic carbocycles. The van der Waals surface area contributed by atoms with Crippen LogP contribution in [0.4, 0.5) is 0 Å². The molecule has 1 fully saturated rings. The minimum absolute atomic E-state index is 0.0994. The largest absolute Gasteiger partial charge is 0.198 e. The molecule has 1 saturated carbocycles. The van der Waals surface area contributed by atoms with E-state index in [-0.39, 0.29) is 5.92 Å². The SMILES string of the molecule is Cc1ccc(C(C#N)C2CCCCCC2)cc1C. The average Bonchev–Trinajstić information content (AvgIpc) is 2.64. The second-order valence-corrected chi connectivity index (χ2v) is 5.70. The maximum atomic E-state index is 9.53. The van der Waals surface area contributed by atoms with E-state index in [9.17, 15) is 5.26 Å². The number of benzene rings is 1. The van der Waals surface area contributed by atoms with Crippen LogP contribution in [-0.4, -0.2) is 0 Å². The summed E-state index contributed by atoms with van der Waals surface area (Å²) in [7, 11) is 0. The van der Waals surface area contributed by atoms with Crippen LogP contribution >= 0.6 is 0 Å². The zero-order valence-electron chi connectivity index (χ0n) is 11.6. The lowest BCUT2D eigenvalue weighted by atomic mass is 9.81. The monoisotopic (exact) mass is 241 g/mol. The number of nitrogens with zero attached hydrogens (tertiary/aromatic N) is 1. The van der Waals surface area contributed by atoms with Crippen molar-refractivity contribution in [1.29, 1.82) is 5.26 Å². The first-order valence-corrected chi connectivity index (χ1v) is 7.19. The van der Waals surface area contributed by atoms with Crippen molar-refractivity contribution in [1.82, 2.24) is 0 Å². The Morgan fingerprint density at radius 3 is 2.28 bits per heavy atom. The van der Waals surface area contributed by atoms with E-state index in [1.54, 1.807) is 0 Å². The van der Waals surface area contributed by atoms with Crippen LogP contribution in [0.2, 0.25) is 0 Å². The van der Waals surface area contributed by atoms with Gasteiger partial charge in [0.2, 0.25) is 0 Å². The molecule has 18 heavy (non-hydrogen) atoms. The van der Waals surface area contributed by atoms with Crippen molar-refractivity contribution < 1.29 is 0 Å². The van der Waals surface area contributed by atoms with E-state index < -0.39 is 0 Å². The Bertz CT molecular complexity index is 433. The summed E-state index contributed by atoms with van der Waals surface area (Å²) in [5, 5.41) is 9.53. The zero-order chi connectivity index (χ0) is 13.0. The van der Waals surface area contributed by atoms with Crippen molar-refractivity contribution in [2.45, 2.75) is 58.3 Å². The van der Waals surface area contributed by atoms with Gasteiger partial charge in [0.1, 0.15) is 0 Å². The van der Waals surface area contributed by atoms with Gasteiger partial charge in [0.25, 0.3) is 0 Å². The highest BCUT2D eigenvalue weighted by Crippen LogP contribution is 2.35. The van der Waals surface area contributed by atoms with Crippen LogP contribution in [0.1, 0.15) is 61.1 Å². The second kappa shape index (κ2) is 6.05. The van der Waals surface area contributed by atoms with Gasteiger partial charge in [0.15, 0.2) is 0 Å². The molecule has 1 unspecified atom stereocenters.